The second kappa shape index (κ2) is 6.43. The number of carbonyl (C=O) groups is 2. The molecule has 2 rings (SSSR count). The summed E-state index contributed by atoms with van der Waals surface area (Å²) in [4.78, 5) is 25.8. The van der Waals surface area contributed by atoms with Crippen LogP contribution in [0.4, 0.5) is 11.4 Å². The van der Waals surface area contributed by atoms with E-state index in [4.69, 9.17) is 0 Å². The molecular weight excluding hydrogens is 276 g/mol. The average molecular weight is 296 g/mol. The molecule has 0 spiro atoms. The van der Waals surface area contributed by atoms with Gasteiger partial charge in [0, 0.05) is 36.6 Å². The Bertz CT molecular complexity index is 721. The minimum atomic E-state index is -0.187. The number of Topliss-reactive ketones (excluding diaryl/α,β-unsaturated/α-hetero) is 1. The van der Waals surface area contributed by atoms with Gasteiger partial charge in [0.1, 0.15) is 0 Å². The lowest BCUT2D eigenvalue weighted by Gasteiger charge is -2.14. The molecule has 0 bridgehead atoms. The van der Waals surface area contributed by atoms with Crippen molar-refractivity contribution in [3.8, 4) is 0 Å². The van der Waals surface area contributed by atoms with Crippen LogP contribution >= 0.6 is 0 Å². The van der Waals surface area contributed by atoms with Crippen LogP contribution in [0.2, 0.25) is 0 Å². The zero-order valence-corrected chi connectivity index (χ0v) is 13.3. The molecule has 0 heterocycles. The second-order valence-electron chi connectivity index (χ2n) is 5.48. The van der Waals surface area contributed by atoms with Crippen molar-refractivity contribution in [1.82, 2.24) is 0 Å². The van der Waals surface area contributed by atoms with Gasteiger partial charge >= 0.3 is 0 Å². The first kappa shape index (κ1) is 15.8. The molecule has 4 nitrogen and oxygen atoms in total. The van der Waals surface area contributed by atoms with Crippen molar-refractivity contribution in [2.45, 2.75) is 13.8 Å². The molecule has 0 fully saturated rings. The van der Waals surface area contributed by atoms with Crippen LogP contribution in [0.5, 0.6) is 0 Å². The van der Waals surface area contributed by atoms with E-state index >= 15 is 0 Å². The van der Waals surface area contributed by atoms with E-state index in [0.29, 0.717) is 16.8 Å². The summed E-state index contributed by atoms with van der Waals surface area (Å²) in [6, 6.07) is 12.7. The highest BCUT2D eigenvalue weighted by Gasteiger charge is 2.10. The molecule has 2 aromatic rings. The standard InChI is InChI=1S/C18H20N2O2/c1-12-8-9-14(13(2)21)11-17(12)19-18(22)15-6-5-7-16(10-15)20(3)4/h5-11H,1-4H3,(H,19,22). The maximum absolute atomic E-state index is 12.4. The molecule has 0 aromatic heterocycles. The maximum atomic E-state index is 12.4. The van der Waals surface area contributed by atoms with Crippen molar-refractivity contribution < 1.29 is 9.59 Å². The van der Waals surface area contributed by atoms with Crippen LogP contribution in [0, 0.1) is 6.92 Å². The third-order valence-corrected chi connectivity index (χ3v) is 3.52. The first-order valence-corrected chi connectivity index (χ1v) is 7.09. The van der Waals surface area contributed by atoms with E-state index in [1.165, 1.54) is 6.92 Å². The predicted octanol–water partition coefficient (Wildman–Crippen LogP) is 3.52. The van der Waals surface area contributed by atoms with Crippen LogP contribution in [0.3, 0.4) is 0 Å². The Morgan fingerprint density at radius 1 is 1.00 bits per heavy atom. The van der Waals surface area contributed by atoms with Crippen molar-refractivity contribution in [2.75, 3.05) is 24.3 Å². The third-order valence-electron chi connectivity index (χ3n) is 3.52. The first-order valence-electron chi connectivity index (χ1n) is 7.09. The Balaban J connectivity index is 2.27. The SMILES string of the molecule is CC(=O)c1ccc(C)c(NC(=O)c2cccc(N(C)C)c2)c1. The summed E-state index contributed by atoms with van der Waals surface area (Å²) in [6.07, 6.45) is 0. The molecule has 114 valence electrons. The van der Waals surface area contributed by atoms with E-state index in [2.05, 4.69) is 5.32 Å². The van der Waals surface area contributed by atoms with Crippen LogP contribution in [0.1, 0.15) is 33.2 Å². The first-order chi connectivity index (χ1) is 10.4. The van der Waals surface area contributed by atoms with Crippen LogP contribution in [0.25, 0.3) is 0 Å². The zero-order valence-electron chi connectivity index (χ0n) is 13.3. The summed E-state index contributed by atoms with van der Waals surface area (Å²) in [6.45, 7) is 3.41. The Morgan fingerprint density at radius 2 is 1.73 bits per heavy atom. The highest BCUT2D eigenvalue weighted by atomic mass is 16.1. The molecule has 0 aliphatic heterocycles. The Kier molecular flexibility index (Phi) is 4.61. The lowest BCUT2D eigenvalue weighted by Crippen LogP contribution is -2.15. The molecule has 0 atom stereocenters. The van der Waals surface area contributed by atoms with Crippen molar-refractivity contribution >= 4 is 23.1 Å². The predicted molar refractivity (Wildman–Crippen MR) is 89.9 cm³/mol. The molecule has 0 aliphatic rings. The molecule has 22 heavy (non-hydrogen) atoms. The van der Waals surface area contributed by atoms with Crippen LogP contribution in [-0.2, 0) is 0 Å². The average Bonchev–Trinajstić information content (AvgIpc) is 2.49. The summed E-state index contributed by atoms with van der Waals surface area (Å²) in [5.74, 6) is -0.211. The number of anilines is 2. The van der Waals surface area contributed by atoms with Crippen molar-refractivity contribution in [2.24, 2.45) is 0 Å². The number of ketones is 1. The fourth-order valence-corrected chi connectivity index (χ4v) is 2.10. The monoisotopic (exact) mass is 296 g/mol. The number of hydrogen-bond acceptors (Lipinski definition) is 3. The van der Waals surface area contributed by atoms with Crippen molar-refractivity contribution in [3.05, 3.63) is 59.2 Å². The lowest BCUT2D eigenvalue weighted by molar-refractivity contribution is 0.101. The Labute approximate surface area is 130 Å². The van der Waals surface area contributed by atoms with Gasteiger partial charge in [-0.1, -0.05) is 18.2 Å². The van der Waals surface area contributed by atoms with E-state index < -0.39 is 0 Å². The van der Waals surface area contributed by atoms with Crippen molar-refractivity contribution in [1.29, 1.82) is 0 Å². The van der Waals surface area contributed by atoms with E-state index in [1.54, 1.807) is 18.2 Å². The van der Waals surface area contributed by atoms with Gasteiger partial charge < -0.3 is 10.2 Å². The van der Waals surface area contributed by atoms with Gasteiger partial charge in [0.2, 0.25) is 0 Å². The molecule has 0 saturated heterocycles. The normalized spacial score (nSPS) is 10.2. The van der Waals surface area contributed by atoms with Gasteiger partial charge in [-0.15, -0.1) is 0 Å². The quantitative estimate of drug-likeness (QED) is 0.878. The molecular formula is C18H20N2O2. The molecule has 0 radical (unpaired) electrons. The molecule has 0 aliphatic carbocycles. The van der Waals surface area contributed by atoms with Gasteiger partial charge in [-0.3, -0.25) is 9.59 Å². The highest BCUT2D eigenvalue weighted by molar-refractivity contribution is 6.06. The number of aryl methyl sites for hydroxylation is 1. The van der Waals surface area contributed by atoms with E-state index in [-0.39, 0.29) is 11.7 Å². The third kappa shape index (κ3) is 3.52. The summed E-state index contributed by atoms with van der Waals surface area (Å²) in [5.41, 5.74) is 3.71. The lowest BCUT2D eigenvalue weighted by atomic mass is 10.1. The number of amides is 1. The van der Waals surface area contributed by atoms with Gasteiger partial charge in [-0.05, 0) is 43.7 Å². The number of hydrogen-bond donors (Lipinski definition) is 1. The summed E-state index contributed by atoms with van der Waals surface area (Å²) in [7, 11) is 3.86. The summed E-state index contributed by atoms with van der Waals surface area (Å²) in [5, 5.41) is 2.88. The molecule has 1 amide bonds. The van der Waals surface area contributed by atoms with Gasteiger partial charge in [0.25, 0.3) is 5.91 Å². The summed E-state index contributed by atoms with van der Waals surface area (Å²) < 4.78 is 0. The Hall–Kier alpha value is -2.62. The smallest absolute Gasteiger partial charge is 0.255 e. The topological polar surface area (TPSA) is 49.4 Å². The zero-order chi connectivity index (χ0) is 16.3. The van der Waals surface area contributed by atoms with Gasteiger partial charge in [0.05, 0.1) is 0 Å². The van der Waals surface area contributed by atoms with Crippen LogP contribution in [-0.4, -0.2) is 25.8 Å². The molecule has 1 N–H and O–H groups in total. The minimum Gasteiger partial charge on any atom is -0.378 e. The molecule has 4 heteroatoms. The van der Waals surface area contributed by atoms with Gasteiger partial charge in [-0.2, -0.15) is 0 Å². The van der Waals surface area contributed by atoms with Crippen molar-refractivity contribution in [3.63, 3.8) is 0 Å². The second-order valence-corrected chi connectivity index (χ2v) is 5.48. The maximum Gasteiger partial charge on any atom is 0.255 e. The number of nitrogens with zero attached hydrogens (tertiary/aromatic N) is 1. The molecule has 0 unspecified atom stereocenters. The van der Waals surface area contributed by atoms with Gasteiger partial charge in [-0.25, -0.2) is 0 Å². The molecule has 2 aromatic carbocycles. The fraction of sp³-hybridized carbons (Fsp3) is 0.222. The number of nitrogens with one attached hydrogen (secondary N) is 1. The molecule has 0 saturated carbocycles. The van der Waals surface area contributed by atoms with E-state index in [1.807, 2.05) is 50.2 Å². The minimum absolute atomic E-state index is 0.0231. The van der Waals surface area contributed by atoms with Crippen LogP contribution < -0.4 is 10.2 Å². The highest BCUT2D eigenvalue weighted by Crippen LogP contribution is 2.20. The van der Waals surface area contributed by atoms with E-state index in [9.17, 15) is 9.59 Å². The van der Waals surface area contributed by atoms with Crippen LogP contribution in [0.15, 0.2) is 42.5 Å². The summed E-state index contributed by atoms with van der Waals surface area (Å²) >= 11 is 0. The number of benzene rings is 2. The number of rotatable bonds is 4. The van der Waals surface area contributed by atoms with Gasteiger partial charge in [0.15, 0.2) is 5.78 Å². The fourth-order valence-electron chi connectivity index (χ4n) is 2.10. The van der Waals surface area contributed by atoms with E-state index in [0.717, 1.165) is 11.3 Å². The number of carbonyl (C=O) groups excluding carboxylic acids is 2. The largest absolute Gasteiger partial charge is 0.378 e. The Morgan fingerprint density at radius 3 is 2.36 bits per heavy atom.